The van der Waals surface area contributed by atoms with Crippen molar-refractivity contribution in [2.24, 2.45) is 5.73 Å². The molecule has 2 rings (SSSR count). The summed E-state index contributed by atoms with van der Waals surface area (Å²) >= 11 is 5.90. The number of halogens is 1. The molecule has 1 aromatic carbocycles. The van der Waals surface area contributed by atoms with Crippen molar-refractivity contribution in [3.05, 3.63) is 47.2 Å². The van der Waals surface area contributed by atoms with Gasteiger partial charge in [-0.15, -0.1) is 0 Å². The summed E-state index contributed by atoms with van der Waals surface area (Å²) in [6, 6.07) is 10.6. The van der Waals surface area contributed by atoms with Gasteiger partial charge in [-0.25, -0.2) is 0 Å². The molecule has 0 aliphatic heterocycles. The van der Waals surface area contributed by atoms with Gasteiger partial charge >= 0.3 is 0 Å². The van der Waals surface area contributed by atoms with E-state index in [0.717, 1.165) is 5.56 Å². The van der Waals surface area contributed by atoms with Crippen LogP contribution in [0.25, 0.3) is 11.3 Å². The molecule has 1 aromatic heterocycles. The van der Waals surface area contributed by atoms with Gasteiger partial charge in [-0.05, 0) is 24.3 Å². The monoisotopic (exact) mass is 264 g/mol. The Balaban J connectivity index is 2.17. The minimum Gasteiger partial charge on any atom is -0.451 e. The van der Waals surface area contributed by atoms with Crippen molar-refractivity contribution in [3.8, 4) is 11.3 Å². The van der Waals surface area contributed by atoms with Gasteiger partial charge in [0.2, 0.25) is 0 Å². The molecule has 0 spiro atoms. The predicted octanol–water partition coefficient (Wildman–Crippen LogP) is 2.29. The Morgan fingerprint density at radius 2 is 2.17 bits per heavy atom. The summed E-state index contributed by atoms with van der Waals surface area (Å²) in [4.78, 5) is 11.6. The normalized spacial score (nSPS) is 10.3. The fraction of sp³-hybridized carbons (Fsp3) is 0.154. The quantitative estimate of drug-likeness (QED) is 0.890. The number of nitrogens with two attached hydrogens (primary N) is 1. The van der Waals surface area contributed by atoms with E-state index in [1.165, 1.54) is 0 Å². The van der Waals surface area contributed by atoms with Crippen molar-refractivity contribution < 1.29 is 9.21 Å². The lowest BCUT2D eigenvalue weighted by atomic mass is 10.2. The summed E-state index contributed by atoms with van der Waals surface area (Å²) in [5, 5.41) is 3.26. The SMILES string of the molecule is NCCNC(=O)c1ccc(-c2cccc(Cl)c2)o1. The number of furan rings is 1. The van der Waals surface area contributed by atoms with Crippen LogP contribution in [0.5, 0.6) is 0 Å². The summed E-state index contributed by atoms with van der Waals surface area (Å²) in [5.74, 6) is 0.600. The second kappa shape index (κ2) is 5.71. The zero-order valence-electron chi connectivity index (χ0n) is 9.65. The number of amides is 1. The van der Waals surface area contributed by atoms with E-state index in [0.29, 0.717) is 23.9 Å². The largest absolute Gasteiger partial charge is 0.451 e. The molecule has 94 valence electrons. The number of carbonyl (C=O) groups is 1. The second-order valence-electron chi connectivity index (χ2n) is 3.72. The van der Waals surface area contributed by atoms with Crippen LogP contribution in [-0.2, 0) is 0 Å². The van der Waals surface area contributed by atoms with Crippen molar-refractivity contribution in [2.75, 3.05) is 13.1 Å². The van der Waals surface area contributed by atoms with E-state index in [4.69, 9.17) is 21.8 Å². The van der Waals surface area contributed by atoms with Gasteiger partial charge in [0.1, 0.15) is 5.76 Å². The van der Waals surface area contributed by atoms with Gasteiger partial charge in [-0.1, -0.05) is 23.7 Å². The van der Waals surface area contributed by atoms with Crippen molar-refractivity contribution in [1.29, 1.82) is 0 Å². The molecule has 2 aromatic rings. The molecule has 18 heavy (non-hydrogen) atoms. The maximum atomic E-state index is 11.6. The van der Waals surface area contributed by atoms with E-state index in [-0.39, 0.29) is 11.7 Å². The Bertz CT molecular complexity index is 551. The van der Waals surface area contributed by atoms with Crippen molar-refractivity contribution in [1.82, 2.24) is 5.32 Å². The average molecular weight is 265 g/mol. The van der Waals surface area contributed by atoms with Crippen molar-refractivity contribution >= 4 is 17.5 Å². The molecule has 0 unspecified atom stereocenters. The van der Waals surface area contributed by atoms with Gasteiger partial charge in [-0.3, -0.25) is 4.79 Å². The molecule has 0 atom stereocenters. The summed E-state index contributed by atoms with van der Waals surface area (Å²) in [6.45, 7) is 0.819. The van der Waals surface area contributed by atoms with E-state index in [9.17, 15) is 4.79 Å². The Kier molecular flexibility index (Phi) is 4.02. The van der Waals surface area contributed by atoms with E-state index in [2.05, 4.69) is 5.32 Å². The van der Waals surface area contributed by atoms with Crippen LogP contribution in [0.15, 0.2) is 40.8 Å². The molecule has 0 saturated heterocycles. The highest BCUT2D eigenvalue weighted by molar-refractivity contribution is 6.30. The highest BCUT2D eigenvalue weighted by Gasteiger charge is 2.11. The van der Waals surface area contributed by atoms with E-state index < -0.39 is 0 Å². The molecule has 1 amide bonds. The molecule has 4 nitrogen and oxygen atoms in total. The number of nitrogens with one attached hydrogen (secondary N) is 1. The van der Waals surface area contributed by atoms with Crippen molar-refractivity contribution in [3.63, 3.8) is 0 Å². The number of carbonyl (C=O) groups excluding carboxylic acids is 1. The Morgan fingerprint density at radius 3 is 2.89 bits per heavy atom. The summed E-state index contributed by atoms with van der Waals surface area (Å²) < 4.78 is 5.47. The smallest absolute Gasteiger partial charge is 0.287 e. The molecule has 1 heterocycles. The lowest BCUT2D eigenvalue weighted by Crippen LogP contribution is -2.28. The topological polar surface area (TPSA) is 68.3 Å². The highest BCUT2D eigenvalue weighted by atomic mass is 35.5. The average Bonchev–Trinajstić information content (AvgIpc) is 2.85. The maximum absolute atomic E-state index is 11.6. The van der Waals surface area contributed by atoms with E-state index >= 15 is 0 Å². The number of benzene rings is 1. The lowest BCUT2D eigenvalue weighted by molar-refractivity contribution is 0.0928. The first-order chi connectivity index (χ1) is 8.70. The Hall–Kier alpha value is -1.78. The number of rotatable bonds is 4. The third kappa shape index (κ3) is 2.91. The van der Waals surface area contributed by atoms with Gasteiger partial charge in [0.05, 0.1) is 0 Å². The first kappa shape index (κ1) is 12.7. The zero-order chi connectivity index (χ0) is 13.0. The first-order valence-corrected chi connectivity index (χ1v) is 5.92. The molecule has 0 saturated carbocycles. The molecule has 0 bridgehead atoms. The number of hydrogen-bond acceptors (Lipinski definition) is 3. The summed E-state index contributed by atoms with van der Waals surface area (Å²) in [6.07, 6.45) is 0. The first-order valence-electron chi connectivity index (χ1n) is 5.55. The molecule has 0 aliphatic rings. The molecular weight excluding hydrogens is 252 g/mol. The molecule has 0 radical (unpaired) electrons. The fourth-order valence-electron chi connectivity index (χ4n) is 1.53. The lowest BCUT2D eigenvalue weighted by Gasteiger charge is -2.00. The molecule has 3 N–H and O–H groups in total. The third-order valence-corrected chi connectivity index (χ3v) is 2.60. The maximum Gasteiger partial charge on any atom is 0.287 e. The van der Waals surface area contributed by atoms with Crippen LogP contribution >= 0.6 is 11.6 Å². The minimum atomic E-state index is -0.270. The zero-order valence-corrected chi connectivity index (χ0v) is 10.4. The van der Waals surface area contributed by atoms with Gasteiger partial charge in [-0.2, -0.15) is 0 Å². The van der Waals surface area contributed by atoms with Crippen LogP contribution < -0.4 is 11.1 Å². The van der Waals surface area contributed by atoms with Crippen LogP contribution in [0.3, 0.4) is 0 Å². The van der Waals surface area contributed by atoms with Crippen LogP contribution in [0.4, 0.5) is 0 Å². The molecular formula is C13H13ClN2O2. The van der Waals surface area contributed by atoms with Crippen LogP contribution in [0.2, 0.25) is 5.02 Å². The fourth-order valence-corrected chi connectivity index (χ4v) is 1.72. The van der Waals surface area contributed by atoms with Gasteiger partial charge in [0.15, 0.2) is 5.76 Å². The van der Waals surface area contributed by atoms with Gasteiger partial charge in [0, 0.05) is 23.7 Å². The number of hydrogen-bond donors (Lipinski definition) is 2. The molecule has 0 fully saturated rings. The summed E-state index contributed by atoms with van der Waals surface area (Å²) in [7, 11) is 0. The van der Waals surface area contributed by atoms with E-state index in [1.54, 1.807) is 24.3 Å². The summed E-state index contributed by atoms with van der Waals surface area (Å²) in [5.41, 5.74) is 6.14. The molecule has 5 heteroatoms. The second-order valence-corrected chi connectivity index (χ2v) is 4.16. The van der Waals surface area contributed by atoms with Crippen molar-refractivity contribution in [2.45, 2.75) is 0 Å². The van der Waals surface area contributed by atoms with Gasteiger partial charge < -0.3 is 15.5 Å². The Labute approximate surface area is 110 Å². The highest BCUT2D eigenvalue weighted by Crippen LogP contribution is 2.24. The van der Waals surface area contributed by atoms with E-state index in [1.807, 2.05) is 12.1 Å². The standard InChI is InChI=1S/C13H13ClN2O2/c14-10-3-1-2-9(8-10)11-4-5-12(18-11)13(17)16-7-6-15/h1-5,8H,6-7,15H2,(H,16,17). The van der Waals surface area contributed by atoms with Crippen LogP contribution in [0, 0.1) is 0 Å². The minimum absolute atomic E-state index is 0.262. The van der Waals surface area contributed by atoms with Gasteiger partial charge in [0.25, 0.3) is 5.91 Å². The van der Waals surface area contributed by atoms with Crippen LogP contribution in [0.1, 0.15) is 10.6 Å². The molecule has 0 aliphatic carbocycles. The third-order valence-electron chi connectivity index (χ3n) is 2.37. The Morgan fingerprint density at radius 1 is 1.33 bits per heavy atom. The predicted molar refractivity (Wildman–Crippen MR) is 70.5 cm³/mol. The van der Waals surface area contributed by atoms with Crippen LogP contribution in [-0.4, -0.2) is 19.0 Å².